The number of carboxylic acid groups (broad SMARTS) is 1. The molecular weight excluding hydrogens is 252 g/mol. The predicted octanol–water partition coefficient (Wildman–Crippen LogP) is 4.39. The summed E-state index contributed by atoms with van der Waals surface area (Å²) in [6.45, 7) is 6.52. The van der Waals surface area contributed by atoms with Gasteiger partial charge in [0.2, 0.25) is 0 Å². The molecule has 0 aliphatic heterocycles. The lowest BCUT2D eigenvalue weighted by Crippen LogP contribution is -2.18. The van der Waals surface area contributed by atoms with Gasteiger partial charge in [0.1, 0.15) is 5.76 Å². The Hall–Kier alpha value is -1.51. The largest absolute Gasteiger partial charge is 0.481 e. The van der Waals surface area contributed by atoms with Crippen molar-refractivity contribution in [2.45, 2.75) is 52.4 Å². The zero-order valence-electron chi connectivity index (χ0n) is 12.6. The fourth-order valence-corrected chi connectivity index (χ4v) is 2.77. The summed E-state index contributed by atoms with van der Waals surface area (Å²) in [4.78, 5) is 10.9. The van der Waals surface area contributed by atoms with Crippen LogP contribution in [-0.4, -0.2) is 11.1 Å². The first kappa shape index (κ1) is 14.9. The summed E-state index contributed by atoms with van der Waals surface area (Å²) in [5.41, 5.74) is 2.63. The Morgan fingerprint density at radius 2 is 2.20 bits per heavy atom. The molecule has 0 spiro atoms. The summed E-state index contributed by atoms with van der Waals surface area (Å²) in [7, 11) is 0. The number of furan rings is 1. The van der Waals surface area contributed by atoms with Crippen molar-refractivity contribution >= 4 is 5.97 Å². The lowest BCUT2D eigenvalue weighted by atomic mass is 9.83. The standard InChI is InChI=1S/C17H24O3/c1-11(2)15-9-16(20-10-15)8-12(3)13-4-6-14(7-5-13)17(18)19/h4,9-12,14H,5-8H2,1-3H3,(H,18,19). The molecule has 0 bridgehead atoms. The molecule has 0 radical (unpaired) electrons. The molecule has 1 aromatic rings. The zero-order valence-corrected chi connectivity index (χ0v) is 12.6. The highest BCUT2D eigenvalue weighted by atomic mass is 16.4. The molecule has 3 nitrogen and oxygen atoms in total. The van der Waals surface area contributed by atoms with Crippen LogP contribution in [0, 0.1) is 11.8 Å². The second-order valence-corrected chi connectivity index (χ2v) is 6.19. The van der Waals surface area contributed by atoms with Crippen molar-refractivity contribution in [1.29, 1.82) is 0 Å². The van der Waals surface area contributed by atoms with Gasteiger partial charge in [0.25, 0.3) is 0 Å². The van der Waals surface area contributed by atoms with E-state index in [-0.39, 0.29) is 5.92 Å². The third kappa shape index (κ3) is 3.53. The SMILES string of the molecule is CC(Cc1cc(C(C)C)co1)C1=CCC(C(=O)O)CC1. The highest BCUT2D eigenvalue weighted by molar-refractivity contribution is 5.70. The topological polar surface area (TPSA) is 50.4 Å². The maximum Gasteiger partial charge on any atom is 0.306 e. The second-order valence-electron chi connectivity index (χ2n) is 6.19. The van der Waals surface area contributed by atoms with Crippen LogP contribution >= 0.6 is 0 Å². The molecule has 3 heteroatoms. The minimum atomic E-state index is -0.666. The molecule has 1 heterocycles. The Labute approximate surface area is 120 Å². The van der Waals surface area contributed by atoms with Crippen LogP contribution in [0.3, 0.4) is 0 Å². The summed E-state index contributed by atoms with van der Waals surface area (Å²) in [5, 5.41) is 9.01. The first-order chi connectivity index (χ1) is 9.47. The number of hydrogen-bond acceptors (Lipinski definition) is 2. The number of carboxylic acids is 1. The normalized spacial score (nSPS) is 20.8. The monoisotopic (exact) mass is 276 g/mol. The molecule has 1 aromatic heterocycles. The summed E-state index contributed by atoms with van der Waals surface area (Å²) in [5.74, 6) is 1.09. The van der Waals surface area contributed by atoms with Crippen LogP contribution in [0.4, 0.5) is 0 Å². The summed E-state index contributed by atoms with van der Waals surface area (Å²) in [6.07, 6.45) is 7.21. The van der Waals surface area contributed by atoms with Gasteiger partial charge in [-0.25, -0.2) is 0 Å². The van der Waals surface area contributed by atoms with Gasteiger partial charge >= 0.3 is 5.97 Å². The fourth-order valence-electron chi connectivity index (χ4n) is 2.77. The van der Waals surface area contributed by atoms with Crippen LogP contribution in [0.25, 0.3) is 0 Å². The molecule has 0 amide bonds. The van der Waals surface area contributed by atoms with Crippen molar-refractivity contribution in [2.75, 3.05) is 0 Å². The van der Waals surface area contributed by atoms with Crippen LogP contribution in [0.5, 0.6) is 0 Å². The average Bonchev–Trinajstić information content (AvgIpc) is 2.87. The Bertz CT molecular complexity index is 496. The van der Waals surface area contributed by atoms with Crippen molar-refractivity contribution in [3.63, 3.8) is 0 Å². The smallest absolute Gasteiger partial charge is 0.306 e. The van der Waals surface area contributed by atoms with Crippen molar-refractivity contribution in [2.24, 2.45) is 11.8 Å². The lowest BCUT2D eigenvalue weighted by Gasteiger charge is -2.22. The van der Waals surface area contributed by atoms with E-state index in [0.717, 1.165) is 25.0 Å². The van der Waals surface area contributed by atoms with Gasteiger partial charge < -0.3 is 9.52 Å². The van der Waals surface area contributed by atoms with Crippen molar-refractivity contribution < 1.29 is 14.3 Å². The molecule has 2 unspecified atom stereocenters. The highest BCUT2D eigenvalue weighted by Crippen LogP contribution is 2.30. The molecule has 1 aliphatic rings. The summed E-state index contributed by atoms with van der Waals surface area (Å²) < 4.78 is 5.63. The summed E-state index contributed by atoms with van der Waals surface area (Å²) >= 11 is 0. The third-order valence-electron chi connectivity index (χ3n) is 4.28. The minimum absolute atomic E-state index is 0.192. The van der Waals surface area contributed by atoms with E-state index in [1.807, 2.05) is 6.26 Å². The third-order valence-corrected chi connectivity index (χ3v) is 4.28. The van der Waals surface area contributed by atoms with E-state index in [1.165, 1.54) is 11.1 Å². The van der Waals surface area contributed by atoms with E-state index in [1.54, 1.807) is 0 Å². The van der Waals surface area contributed by atoms with Crippen molar-refractivity contribution in [3.8, 4) is 0 Å². The van der Waals surface area contributed by atoms with E-state index in [4.69, 9.17) is 9.52 Å². The average molecular weight is 276 g/mol. The van der Waals surface area contributed by atoms with Gasteiger partial charge in [-0.2, -0.15) is 0 Å². The lowest BCUT2D eigenvalue weighted by molar-refractivity contribution is -0.141. The van der Waals surface area contributed by atoms with Crippen LogP contribution < -0.4 is 0 Å². The molecular formula is C17H24O3. The van der Waals surface area contributed by atoms with Crippen LogP contribution in [0.2, 0.25) is 0 Å². The number of hydrogen-bond donors (Lipinski definition) is 1. The van der Waals surface area contributed by atoms with E-state index in [9.17, 15) is 4.79 Å². The maximum absolute atomic E-state index is 10.9. The van der Waals surface area contributed by atoms with Gasteiger partial charge in [0.15, 0.2) is 0 Å². The molecule has 1 N–H and O–H groups in total. The molecule has 20 heavy (non-hydrogen) atoms. The summed E-state index contributed by atoms with van der Waals surface area (Å²) in [6, 6.07) is 2.14. The number of aliphatic carboxylic acids is 1. The molecule has 0 aromatic carbocycles. The Kier molecular flexibility index (Phi) is 4.69. The predicted molar refractivity (Wildman–Crippen MR) is 78.7 cm³/mol. The number of allylic oxidation sites excluding steroid dienone is 2. The zero-order chi connectivity index (χ0) is 14.7. The van der Waals surface area contributed by atoms with Gasteiger partial charge in [-0.05, 0) is 42.7 Å². The quantitative estimate of drug-likeness (QED) is 0.811. The molecule has 2 rings (SSSR count). The highest BCUT2D eigenvalue weighted by Gasteiger charge is 2.23. The van der Waals surface area contributed by atoms with Crippen LogP contribution in [0.1, 0.15) is 57.3 Å². The number of carbonyl (C=O) groups is 1. The first-order valence-electron chi connectivity index (χ1n) is 7.46. The Balaban J connectivity index is 1.94. The van der Waals surface area contributed by atoms with Gasteiger partial charge in [0.05, 0.1) is 12.2 Å². The second kappa shape index (κ2) is 6.29. The Morgan fingerprint density at radius 1 is 1.45 bits per heavy atom. The molecule has 0 saturated heterocycles. The van der Waals surface area contributed by atoms with Crippen LogP contribution in [0.15, 0.2) is 28.4 Å². The van der Waals surface area contributed by atoms with Gasteiger partial charge in [-0.3, -0.25) is 4.79 Å². The first-order valence-corrected chi connectivity index (χ1v) is 7.46. The maximum atomic E-state index is 10.9. The van der Waals surface area contributed by atoms with Crippen LogP contribution in [-0.2, 0) is 11.2 Å². The van der Waals surface area contributed by atoms with Gasteiger partial charge in [-0.15, -0.1) is 0 Å². The number of rotatable bonds is 5. The van der Waals surface area contributed by atoms with E-state index in [0.29, 0.717) is 18.3 Å². The Morgan fingerprint density at radius 3 is 2.70 bits per heavy atom. The van der Waals surface area contributed by atoms with E-state index < -0.39 is 5.97 Å². The molecule has 2 atom stereocenters. The van der Waals surface area contributed by atoms with Gasteiger partial charge in [0, 0.05) is 6.42 Å². The minimum Gasteiger partial charge on any atom is -0.481 e. The van der Waals surface area contributed by atoms with E-state index >= 15 is 0 Å². The van der Waals surface area contributed by atoms with Gasteiger partial charge in [-0.1, -0.05) is 32.4 Å². The molecule has 110 valence electrons. The van der Waals surface area contributed by atoms with E-state index in [2.05, 4.69) is 32.9 Å². The molecule has 1 aliphatic carbocycles. The molecule has 0 fully saturated rings. The molecule has 0 saturated carbocycles. The fraction of sp³-hybridized carbons (Fsp3) is 0.588. The van der Waals surface area contributed by atoms with Crippen molar-refractivity contribution in [3.05, 3.63) is 35.3 Å². The van der Waals surface area contributed by atoms with Crippen molar-refractivity contribution in [1.82, 2.24) is 0 Å².